The number of thioether (sulfide) groups is 1. The molecule has 0 spiro atoms. The highest BCUT2D eigenvalue weighted by atomic mass is 32.2. The van der Waals surface area contributed by atoms with Gasteiger partial charge < -0.3 is 5.11 Å². The molecule has 0 amide bonds. The van der Waals surface area contributed by atoms with Crippen molar-refractivity contribution in [3.05, 3.63) is 23.1 Å². The normalized spacial score (nSPS) is 13.9. The summed E-state index contributed by atoms with van der Waals surface area (Å²) in [7, 11) is 0. The van der Waals surface area contributed by atoms with Crippen molar-refractivity contribution in [2.24, 2.45) is 5.92 Å². The second-order valence-electron chi connectivity index (χ2n) is 6.79. The minimum Gasteiger partial charge on any atom is -0.481 e. The SMILES string of the molecule is CC(C)Cc1nc2sc3c(SCC(=O)O)ncnc3c2c2c1CCC2. The zero-order valence-corrected chi connectivity index (χ0v) is 15.8. The van der Waals surface area contributed by atoms with Crippen LogP contribution in [0.1, 0.15) is 37.1 Å². The van der Waals surface area contributed by atoms with E-state index in [4.69, 9.17) is 10.1 Å². The molecule has 1 N–H and O–H groups in total. The first-order valence-electron chi connectivity index (χ1n) is 8.47. The van der Waals surface area contributed by atoms with E-state index in [-0.39, 0.29) is 5.75 Å². The Kier molecular flexibility index (Phi) is 4.37. The van der Waals surface area contributed by atoms with Gasteiger partial charge in [0.15, 0.2) is 0 Å². The Morgan fingerprint density at radius 2 is 2.12 bits per heavy atom. The molecule has 3 aromatic heterocycles. The first kappa shape index (κ1) is 16.7. The highest BCUT2D eigenvalue weighted by molar-refractivity contribution is 8.00. The minimum absolute atomic E-state index is 0.00446. The van der Waals surface area contributed by atoms with Crippen LogP contribution in [-0.4, -0.2) is 31.8 Å². The summed E-state index contributed by atoms with van der Waals surface area (Å²) >= 11 is 2.85. The van der Waals surface area contributed by atoms with E-state index in [0.29, 0.717) is 5.92 Å². The molecule has 5 nitrogen and oxygen atoms in total. The summed E-state index contributed by atoms with van der Waals surface area (Å²) in [4.78, 5) is 25.7. The van der Waals surface area contributed by atoms with E-state index in [0.717, 1.165) is 39.3 Å². The largest absolute Gasteiger partial charge is 0.481 e. The summed E-state index contributed by atoms with van der Waals surface area (Å²) in [6.45, 7) is 4.45. The van der Waals surface area contributed by atoms with Gasteiger partial charge in [0, 0.05) is 11.1 Å². The van der Waals surface area contributed by atoms with Gasteiger partial charge in [-0.25, -0.2) is 15.0 Å². The first-order valence-corrected chi connectivity index (χ1v) is 10.3. The van der Waals surface area contributed by atoms with Gasteiger partial charge in [0.2, 0.25) is 0 Å². The fraction of sp³-hybridized carbons (Fsp3) is 0.444. The summed E-state index contributed by atoms with van der Waals surface area (Å²) in [5.74, 6) is -0.258. The van der Waals surface area contributed by atoms with Gasteiger partial charge in [0.1, 0.15) is 16.2 Å². The van der Waals surface area contributed by atoms with Crippen LogP contribution in [-0.2, 0) is 24.1 Å². The number of aromatic nitrogens is 3. The maximum Gasteiger partial charge on any atom is 0.313 e. The Morgan fingerprint density at radius 3 is 2.88 bits per heavy atom. The second kappa shape index (κ2) is 6.53. The summed E-state index contributed by atoms with van der Waals surface area (Å²) in [6.07, 6.45) is 5.89. The van der Waals surface area contributed by atoms with Gasteiger partial charge >= 0.3 is 5.97 Å². The van der Waals surface area contributed by atoms with Crippen LogP contribution in [0, 0.1) is 5.92 Å². The van der Waals surface area contributed by atoms with Crippen molar-refractivity contribution in [2.75, 3.05) is 5.75 Å². The lowest BCUT2D eigenvalue weighted by Crippen LogP contribution is -2.03. The van der Waals surface area contributed by atoms with Crippen LogP contribution in [0.3, 0.4) is 0 Å². The molecule has 0 unspecified atom stereocenters. The monoisotopic (exact) mass is 373 g/mol. The van der Waals surface area contributed by atoms with E-state index < -0.39 is 5.97 Å². The van der Waals surface area contributed by atoms with Crippen molar-refractivity contribution in [3.63, 3.8) is 0 Å². The van der Waals surface area contributed by atoms with Gasteiger partial charge in [-0.2, -0.15) is 0 Å². The van der Waals surface area contributed by atoms with Gasteiger partial charge in [-0.15, -0.1) is 11.3 Å². The molecule has 130 valence electrons. The Bertz CT molecular complexity index is 982. The van der Waals surface area contributed by atoms with Crippen molar-refractivity contribution >= 4 is 49.5 Å². The Labute approximate surface area is 153 Å². The molecule has 7 heteroatoms. The van der Waals surface area contributed by atoms with E-state index in [2.05, 4.69) is 23.8 Å². The fourth-order valence-electron chi connectivity index (χ4n) is 3.54. The Balaban J connectivity index is 1.93. The van der Waals surface area contributed by atoms with E-state index >= 15 is 0 Å². The zero-order chi connectivity index (χ0) is 17.6. The molecule has 0 fully saturated rings. The standard InChI is InChI=1S/C18H19N3O2S2/c1-9(2)6-12-10-4-3-5-11(10)14-15-16(25-17(14)21-12)18(20-8-19-15)24-7-13(22)23/h8-9H,3-7H2,1-2H3,(H,22,23). The quantitative estimate of drug-likeness (QED) is 0.536. The van der Waals surface area contributed by atoms with Gasteiger partial charge in [-0.05, 0) is 42.7 Å². The molecule has 3 aromatic rings. The minimum atomic E-state index is -0.837. The van der Waals surface area contributed by atoms with Crippen LogP contribution in [0.15, 0.2) is 11.4 Å². The highest BCUT2D eigenvalue weighted by Gasteiger charge is 2.24. The van der Waals surface area contributed by atoms with Crippen LogP contribution in [0.5, 0.6) is 0 Å². The maximum absolute atomic E-state index is 10.9. The van der Waals surface area contributed by atoms with Gasteiger partial charge in [0.05, 0.1) is 16.0 Å². The van der Waals surface area contributed by atoms with Crippen LogP contribution >= 0.6 is 23.1 Å². The Hall–Kier alpha value is -1.73. The number of carbonyl (C=O) groups is 1. The summed E-state index contributed by atoms with van der Waals surface area (Å²) < 4.78 is 0.965. The number of carboxylic acid groups (broad SMARTS) is 1. The third-order valence-corrected chi connectivity index (χ3v) is 6.64. The van der Waals surface area contributed by atoms with Crippen molar-refractivity contribution < 1.29 is 9.90 Å². The molecule has 4 rings (SSSR count). The third kappa shape index (κ3) is 3.00. The lowest BCUT2D eigenvalue weighted by atomic mass is 9.99. The van der Waals surface area contributed by atoms with Gasteiger partial charge in [-0.3, -0.25) is 4.79 Å². The van der Waals surface area contributed by atoms with E-state index in [1.165, 1.54) is 40.4 Å². The molecular formula is C18H19N3O2S2. The predicted molar refractivity (Wildman–Crippen MR) is 102 cm³/mol. The molecule has 0 aromatic carbocycles. The smallest absolute Gasteiger partial charge is 0.313 e. The summed E-state index contributed by atoms with van der Waals surface area (Å²) in [6, 6.07) is 0. The lowest BCUT2D eigenvalue weighted by molar-refractivity contribution is -0.133. The van der Waals surface area contributed by atoms with E-state index in [1.54, 1.807) is 17.7 Å². The predicted octanol–water partition coefficient (Wildman–Crippen LogP) is 4.10. The molecule has 0 saturated carbocycles. The number of rotatable bonds is 5. The molecule has 0 atom stereocenters. The number of hydrogen-bond acceptors (Lipinski definition) is 6. The van der Waals surface area contributed by atoms with Gasteiger partial charge in [-0.1, -0.05) is 25.6 Å². The fourth-order valence-corrected chi connectivity index (χ4v) is 5.52. The molecular weight excluding hydrogens is 354 g/mol. The molecule has 0 radical (unpaired) electrons. The lowest BCUT2D eigenvalue weighted by Gasteiger charge is -2.11. The number of aliphatic carboxylic acids is 1. The average Bonchev–Trinajstić information content (AvgIpc) is 3.16. The molecule has 0 saturated heterocycles. The Morgan fingerprint density at radius 1 is 1.32 bits per heavy atom. The number of pyridine rings is 1. The van der Waals surface area contributed by atoms with Crippen molar-refractivity contribution in [1.29, 1.82) is 0 Å². The number of thiophene rings is 1. The summed E-state index contributed by atoms with van der Waals surface area (Å²) in [5, 5.41) is 10.9. The number of hydrogen-bond donors (Lipinski definition) is 1. The summed E-state index contributed by atoms with van der Waals surface area (Å²) in [5.41, 5.74) is 4.98. The third-order valence-electron chi connectivity index (χ3n) is 4.46. The van der Waals surface area contributed by atoms with Crippen molar-refractivity contribution in [1.82, 2.24) is 15.0 Å². The molecule has 25 heavy (non-hydrogen) atoms. The van der Waals surface area contributed by atoms with E-state index in [1.807, 2.05) is 0 Å². The molecule has 1 aliphatic rings. The van der Waals surface area contributed by atoms with Crippen LogP contribution in [0.2, 0.25) is 0 Å². The molecule has 1 aliphatic carbocycles. The molecule has 0 aliphatic heterocycles. The van der Waals surface area contributed by atoms with Crippen LogP contribution in [0.25, 0.3) is 20.4 Å². The number of nitrogens with zero attached hydrogens (tertiary/aromatic N) is 3. The first-order chi connectivity index (χ1) is 12.0. The zero-order valence-electron chi connectivity index (χ0n) is 14.2. The molecule has 0 bridgehead atoms. The van der Waals surface area contributed by atoms with Crippen LogP contribution in [0.4, 0.5) is 0 Å². The maximum atomic E-state index is 10.9. The van der Waals surface area contributed by atoms with Crippen molar-refractivity contribution in [2.45, 2.75) is 44.6 Å². The average molecular weight is 374 g/mol. The van der Waals surface area contributed by atoms with E-state index in [9.17, 15) is 4.79 Å². The number of carboxylic acids is 1. The van der Waals surface area contributed by atoms with Crippen molar-refractivity contribution in [3.8, 4) is 0 Å². The highest BCUT2D eigenvalue weighted by Crippen LogP contribution is 2.42. The van der Waals surface area contributed by atoms with Crippen LogP contribution < -0.4 is 0 Å². The topological polar surface area (TPSA) is 76.0 Å². The van der Waals surface area contributed by atoms with Gasteiger partial charge in [0.25, 0.3) is 0 Å². The second-order valence-corrected chi connectivity index (χ2v) is 8.75. The number of aryl methyl sites for hydroxylation is 1. The number of fused-ring (bicyclic) bond motifs is 5. The molecule has 3 heterocycles.